The molecule has 0 saturated heterocycles. The van der Waals surface area contributed by atoms with Crippen LogP contribution in [-0.2, 0) is 4.65 Å². The van der Waals surface area contributed by atoms with Gasteiger partial charge in [-0.25, -0.2) is 0 Å². The van der Waals surface area contributed by atoms with E-state index in [9.17, 15) is 5.11 Å². The fourth-order valence-electron chi connectivity index (χ4n) is 0.596. The summed E-state index contributed by atoms with van der Waals surface area (Å²) in [5.41, 5.74) is 4.85. The molecule has 0 rings (SSSR count). The summed E-state index contributed by atoms with van der Waals surface area (Å²) in [5.74, 6) is 0. The van der Waals surface area contributed by atoms with Crippen LogP contribution >= 0.6 is 0 Å². The maximum absolute atomic E-state index is 9.82. The van der Waals surface area contributed by atoms with Crippen LogP contribution < -0.4 is 5.73 Å². The largest absolute Gasteiger partial charge is 0.426 e. The second kappa shape index (κ2) is 4.81. The van der Waals surface area contributed by atoms with Crippen molar-refractivity contribution in [1.82, 2.24) is 0 Å². The van der Waals surface area contributed by atoms with E-state index in [1.54, 1.807) is 34.6 Å². The number of hydrogen-bond donors (Lipinski definition) is 3. The van der Waals surface area contributed by atoms with E-state index in [-0.39, 0.29) is 0 Å². The average molecular weight is 211 g/mol. The third-order valence-electron chi connectivity index (χ3n) is 2.56. The minimum atomic E-state index is -0.973. The summed E-state index contributed by atoms with van der Waals surface area (Å²) in [6.45, 7) is 8.58. The van der Waals surface area contributed by atoms with Crippen molar-refractivity contribution in [2.75, 3.05) is 0 Å². The molecular formula is C10H20BN2O2. The number of allylic oxidation sites excluding steroid dienone is 2. The van der Waals surface area contributed by atoms with E-state index in [4.69, 9.17) is 15.8 Å². The van der Waals surface area contributed by atoms with Gasteiger partial charge in [0, 0.05) is 11.9 Å². The molecule has 0 atom stereocenters. The van der Waals surface area contributed by atoms with Gasteiger partial charge in [0.1, 0.15) is 0 Å². The highest BCUT2D eigenvalue weighted by atomic mass is 16.5. The molecule has 0 fully saturated rings. The van der Waals surface area contributed by atoms with Crippen molar-refractivity contribution in [3.05, 3.63) is 11.2 Å². The van der Waals surface area contributed by atoms with Crippen LogP contribution in [0.3, 0.4) is 0 Å². The maximum atomic E-state index is 9.82. The monoisotopic (exact) mass is 211 g/mol. The first-order valence-electron chi connectivity index (χ1n) is 4.82. The Kier molecular flexibility index (Phi) is 4.55. The van der Waals surface area contributed by atoms with Crippen molar-refractivity contribution >= 4 is 13.7 Å². The lowest BCUT2D eigenvalue weighted by molar-refractivity contribution is -0.0895. The van der Waals surface area contributed by atoms with Gasteiger partial charge >= 0.3 is 7.48 Å². The van der Waals surface area contributed by atoms with Crippen LogP contribution in [0.4, 0.5) is 0 Å². The molecule has 0 aromatic rings. The van der Waals surface area contributed by atoms with Gasteiger partial charge in [0.05, 0.1) is 11.2 Å². The van der Waals surface area contributed by atoms with Crippen LogP contribution in [0.2, 0.25) is 0 Å². The first kappa shape index (κ1) is 14.2. The Hall–Kier alpha value is -0.805. The van der Waals surface area contributed by atoms with E-state index in [0.29, 0.717) is 11.2 Å². The van der Waals surface area contributed by atoms with Gasteiger partial charge in [-0.1, -0.05) is 0 Å². The molecule has 4 N–H and O–H groups in total. The lowest BCUT2D eigenvalue weighted by Gasteiger charge is -2.37. The molecule has 0 aromatic heterocycles. The van der Waals surface area contributed by atoms with Crippen LogP contribution in [0.5, 0.6) is 0 Å². The third kappa shape index (κ3) is 4.05. The smallest absolute Gasteiger partial charge is 0.334 e. The summed E-state index contributed by atoms with van der Waals surface area (Å²) in [6, 6.07) is 0. The molecule has 0 aromatic carbocycles. The van der Waals surface area contributed by atoms with E-state index in [0.717, 1.165) is 6.21 Å². The summed E-state index contributed by atoms with van der Waals surface area (Å²) in [5, 5.41) is 16.9. The van der Waals surface area contributed by atoms with Crippen LogP contribution in [-0.4, -0.2) is 30.0 Å². The number of nitrogens with two attached hydrogens (primary N) is 1. The standard InChI is InChI=1S/C10H20BN2O2/c1-7(13)8(6-12)11-15-10(4,5)9(2,3)14/h6,12,14H,13H2,1-5H3. The van der Waals surface area contributed by atoms with Gasteiger partial charge in [0.2, 0.25) is 0 Å². The number of hydrogen-bond acceptors (Lipinski definition) is 4. The topological polar surface area (TPSA) is 79.3 Å². The zero-order valence-electron chi connectivity index (χ0n) is 10.1. The lowest BCUT2D eigenvalue weighted by Crippen LogP contribution is -2.48. The average Bonchev–Trinajstić information content (AvgIpc) is 2.02. The van der Waals surface area contributed by atoms with Crippen molar-refractivity contribution in [2.45, 2.75) is 45.8 Å². The predicted octanol–water partition coefficient (Wildman–Crippen LogP) is 1.01. The molecule has 0 bridgehead atoms. The molecule has 5 heteroatoms. The second-order valence-corrected chi connectivity index (χ2v) is 4.59. The molecule has 15 heavy (non-hydrogen) atoms. The second-order valence-electron chi connectivity index (χ2n) is 4.59. The minimum Gasteiger partial charge on any atom is -0.426 e. The number of aliphatic hydroxyl groups is 1. The summed E-state index contributed by atoms with van der Waals surface area (Å²) in [6.07, 6.45) is 1.12. The highest BCUT2D eigenvalue weighted by Gasteiger charge is 2.35. The Morgan fingerprint density at radius 1 is 1.40 bits per heavy atom. The zero-order chi connectivity index (χ0) is 12.3. The van der Waals surface area contributed by atoms with Gasteiger partial charge in [0.15, 0.2) is 0 Å². The van der Waals surface area contributed by atoms with Crippen LogP contribution in [0.1, 0.15) is 34.6 Å². The Morgan fingerprint density at radius 3 is 2.13 bits per heavy atom. The summed E-state index contributed by atoms with van der Waals surface area (Å²) in [7, 11) is 1.40. The molecule has 4 nitrogen and oxygen atoms in total. The van der Waals surface area contributed by atoms with E-state index < -0.39 is 11.2 Å². The predicted molar refractivity (Wildman–Crippen MR) is 62.9 cm³/mol. The van der Waals surface area contributed by atoms with Crippen LogP contribution in [0, 0.1) is 5.41 Å². The van der Waals surface area contributed by atoms with E-state index in [1.165, 1.54) is 7.48 Å². The molecule has 0 aliphatic carbocycles. The van der Waals surface area contributed by atoms with E-state index >= 15 is 0 Å². The Balaban J connectivity index is 4.53. The van der Waals surface area contributed by atoms with E-state index in [2.05, 4.69) is 0 Å². The van der Waals surface area contributed by atoms with Crippen molar-refractivity contribution in [1.29, 1.82) is 5.41 Å². The molecule has 1 radical (unpaired) electrons. The number of rotatable bonds is 5. The van der Waals surface area contributed by atoms with Gasteiger partial charge in [0.25, 0.3) is 0 Å². The maximum Gasteiger partial charge on any atom is 0.334 e. The summed E-state index contributed by atoms with van der Waals surface area (Å²) >= 11 is 0. The molecule has 0 amide bonds. The van der Waals surface area contributed by atoms with Crippen molar-refractivity contribution in [2.24, 2.45) is 5.73 Å². The molecule has 0 heterocycles. The van der Waals surface area contributed by atoms with Gasteiger partial charge in [-0.05, 0) is 40.1 Å². The van der Waals surface area contributed by atoms with Crippen LogP contribution in [0.15, 0.2) is 11.2 Å². The normalized spacial score (nSPS) is 14.5. The van der Waals surface area contributed by atoms with Crippen molar-refractivity contribution < 1.29 is 9.76 Å². The first-order chi connectivity index (χ1) is 6.62. The van der Waals surface area contributed by atoms with Crippen molar-refractivity contribution in [3.63, 3.8) is 0 Å². The molecule has 85 valence electrons. The third-order valence-corrected chi connectivity index (χ3v) is 2.56. The van der Waals surface area contributed by atoms with Gasteiger partial charge in [-0.15, -0.1) is 0 Å². The molecule has 0 saturated carbocycles. The fraction of sp³-hybridized carbons (Fsp3) is 0.700. The SMILES string of the molecule is CC(N)=C([B]OC(C)(C)C(C)(C)O)C=N. The highest BCUT2D eigenvalue weighted by Crippen LogP contribution is 2.24. The van der Waals surface area contributed by atoms with Crippen molar-refractivity contribution in [3.8, 4) is 0 Å². The van der Waals surface area contributed by atoms with Gasteiger partial charge in [-0.2, -0.15) is 0 Å². The van der Waals surface area contributed by atoms with Gasteiger partial charge in [-0.3, -0.25) is 0 Å². The highest BCUT2D eigenvalue weighted by molar-refractivity contribution is 6.46. The number of nitrogens with one attached hydrogen (secondary N) is 1. The lowest BCUT2D eigenvalue weighted by atomic mass is 9.82. The molecular weight excluding hydrogens is 191 g/mol. The quantitative estimate of drug-likeness (QED) is 0.469. The molecule has 0 unspecified atom stereocenters. The summed E-state index contributed by atoms with van der Waals surface area (Å²) < 4.78 is 5.44. The van der Waals surface area contributed by atoms with E-state index in [1.807, 2.05) is 0 Å². The molecule has 0 aliphatic rings. The Labute approximate surface area is 92.3 Å². The summed E-state index contributed by atoms with van der Waals surface area (Å²) in [4.78, 5) is 0. The molecule has 0 spiro atoms. The van der Waals surface area contributed by atoms with Crippen LogP contribution in [0.25, 0.3) is 0 Å². The molecule has 0 aliphatic heterocycles. The Morgan fingerprint density at radius 2 is 1.87 bits per heavy atom. The zero-order valence-corrected chi connectivity index (χ0v) is 10.1. The Bertz CT molecular complexity index is 263. The van der Waals surface area contributed by atoms with Gasteiger partial charge < -0.3 is 20.9 Å². The fourth-order valence-corrected chi connectivity index (χ4v) is 0.596. The minimum absolute atomic E-state index is 0.507. The first-order valence-corrected chi connectivity index (χ1v) is 4.82.